The number of benzene rings is 1. The topological polar surface area (TPSA) is 27.7 Å². The average molecular weight is 300 g/mol. The van der Waals surface area contributed by atoms with E-state index in [4.69, 9.17) is 14.2 Å². The Balaban J connectivity index is 2.97. The van der Waals surface area contributed by atoms with E-state index in [-0.39, 0.29) is 0 Å². The molecule has 3 nitrogen and oxygen atoms in total. The molecule has 0 N–H and O–H groups in total. The summed E-state index contributed by atoms with van der Waals surface area (Å²) in [4.78, 5) is 0. The molecule has 0 aliphatic carbocycles. The molecule has 1 aromatic carbocycles. The third-order valence-corrected chi connectivity index (χ3v) is 3.08. The number of methoxy groups -OCH3 is 3. The monoisotopic (exact) mass is 300 g/mol. The molecular formula is C19H24O3. The first-order chi connectivity index (χ1) is 10.6. The quantitative estimate of drug-likeness (QED) is 0.543. The first-order valence-corrected chi connectivity index (χ1v) is 7.08. The van der Waals surface area contributed by atoms with E-state index < -0.39 is 0 Å². The number of hydrogen-bond donors (Lipinski definition) is 0. The molecule has 1 rings (SSSR count). The van der Waals surface area contributed by atoms with Crippen molar-refractivity contribution in [2.24, 2.45) is 0 Å². The van der Waals surface area contributed by atoms with Crippen LogP contribution in [-0.4, -0.2) is 21.3 Å². The van der Waals surface area contributed by atoms with Gasteiger partial charge in [-0.15, -0.1) is 0 Å². The van der Waals surface area contributed by atoms with Crippen LogP contribution in [0.25, 0.3) is 6.08 Å². The fraction of sp³-hybridized carbons (Fsp3) is 0.263. The lowest BCUT2D eigenvalue weighted by Crippen LogP contribution is -1.97. The molecule has 0 spiro atoms. The predicted molar refractivity (Wildman–Crippen MR) is 91.2 cm³/mol. The van der Waals surface area contributed by atoms with Crippen molar-refractivity contribution in [2.45, 2.75) is 13.8 Å². The van der Waals surface area contributed by atoms with Gasteiger partial charge in [-0.2, -0.15) is 0 Å². The molecule has 0 bridgehead atoms. The lowest BCUT2D eigenvalue weighted by atomic mass is 10.1. The summed E-state index contributed by atoms with van der Waals surface area (Å²) >= 11 is 0. The largest absolute Gasteiger partial charge is 0.500 e. The number of rotatable bonds is 7. The van der Waals surface area contributed by atoms with Gasteiger partial charge in [0.2, 0.25) is 0 Å². The van der Waals surface area contributed by atoms with E-state index in [0.717, 1.165) is 11.1 Å². The second kappa shape index (κ2) is 9.50. The van der Waals surface area contributed by atoms with E-state index in [1.807, 2.05) is 25.2 Å². The van der Waals surface area contributed by atoms with Crippen molar-refractivity contribution in [3.05, 3.63) is 77.0 Å². The Bertz CT molecular complexity index is 575. The molecule has 0 saturated carbocycles. The van der Waals surface area contributed by atoms with Crippen molar-refractivity contribution in [1.82, 2.24) is 0 Å². The van der Waals surface area contributed by atoms with Gasteiger partial charge in [-0.05, 0) is 31.1 Å². The fourth-order valence-electron chi connectivity index (χ4n) is 1.79. The van der Waals surface area contributed by atoms with Crippen LogP contribution < -0.4 is 0 Å². The molecule has 0 amide bonds. The summed E-state index contributed by atoms with van der Waals surface area (Å²) in [5.41, 5.74) is 3.41. The maximum absolute atomic E-state index is 5.37. The highest BCUT2D eigenvalue weighted by Crippen LogP contribution is 2.16. The summed E-state index contributed by atoms with van der Waals surface area (Å²) in [5, 5.41) is 0. The van der Waals surface area contributed by atoms with E-state index >= 15 is 0 Å². The molecule has 3 heteroatoms. The molecule has 1 aromatic rings. The van der Waals surface area contributed by atoms with Gasteiger partial charge in [-0.25, -0.2) is 0 Å². The normalized spacial score (nSPS) is 13.4. The number of ether oxygens (including phenoxy) is 3. The smallest absolute Gasteiger partial charge is 0.195 e. The van der Waals surface area contributed by atoms with Gasteiger partial charge >= 0.3 is 0 Å². The van der Waals surface area contributed by atoms with Gasteiger partial charge in [-0.1, -0.05) is 48.1 Å². The van der Waals surface area contributed by atoms with Gasteiger partial charge < -0.3 is 14.2 Å². The Morgan fingerprint density at radius 1 is 0.955 bits per heavy atom. The van der Waals surface area contributed by atoms with Crippen LogP contribution in [0.2, 0.25) is 0 Å². The molecule has 0 fully saturated rings. The maximum atomic E-state index is 5.37. The summed E-state index contributed by atoms with van der Waals surface area (Å²) in [6.07, 6.45) is 9.50. The van der Waals surface area contributed by atoms with Crippen LogP contribution in [0.1, 0.15) is 18.1 Å². The van der Waals surface area contributed by atoms with E-state index in [2.05, 4.69) is 37.3 Å². The summed E-state index contributed by atoms with van der Waals surface area (Å²) < 4.78 is 15.6. The van der Waals surface area contributed by atoms with Gasteiger partial charge in [-0.3, -0.25) is 0 Å². The summed E-state index contributed by atoms with van der Waals surface area (Å²) in [6, 6.07) is 8.36. The molecular weight excluding hydrogens is 276 g/mol. The van der Waals surface area contributed by atoms with Crippen molar-refractivity contribution in [1.29, 1.82) is 0 Å². The minimum absolute atomic E-state index is 0.535. The van der Waals surface area contributed by atoms with Crippen LogP contribution in [0, 0.1) is 6.92 Å². The molecule has 118 valence electrons. The zero-order chi connectivity index (χ0) is 16.4. The maximum Gasteiger partial charge on any atom is 0.195 e. The molecule has 22 heavy (non-hydrogen) atoms. The van der Waals surface area contributed by atoms with Crippen molar-refractivity contribution >= 4 is 6.08 Å². The standard InChI is InChI=1S/C19H24O3/c1-6-16(11-12-17-9-7-15(2)8-10-17)13-18(21-4)19(22-5)14-20-3/h6-14H,1-5H3/b12-11+,16-6-,18-13+,19-14-. The van der Waals surface area contributed by atoms with E-state index in [1.54, 1.807) is 21.3 Å². The van der Waals surface area contributed by atoms with Crippen LogP contribution in [0.3, 0.4) is 0 Å². The third kappa shape index (κ3) is 5.52. The van der Waals surface area contributed by atoms with Crippen molar-refractivity contribution in [2.75, 3.05) is 21.3 Å². The molecule has 0 aliphatic rings. The highest BCUT2D eigenvalue weighted by Gasteiger charge is 2.06. The fourth-order valence-corrected chi connectivity index (χ4v) is 1.79. The third-order valence-electron chi connectivity index (χ3n) is 3.08. The van der Waals surface area contributed by atoms with Crippen LogP contribution in [0.5, 0.6) is 0 Å². The van der Waals surface area contributed by atoms with Crippen LogP contribution in [0.4, 0.5) is 0 Å². The SMILES string of the molecule is C/C=C(/C=C/c1ccc(C)cc1)\C=C(OC)/C(=C/OC)OC. The Morgan fingerprint density at radius 2 is 1.59 bits per heavy atom. The second-order valence-electron chi connectivity index (χ2n) is 4.67. The molecule has 0 aliphatic heterocycles. The molecule has 0 unspecified atom stereocenters. The van der Waals surface area contributed by atoms with Gasteiger partial charge in [0.1, 0.15) is 6.26 Å². The van der Waals surface area contributed by atoms with Crippen LogP contribution in [-0.2, 0) is 14.2 Å². The van der Waals surface area contributed by atoms with Crippen LogP contribution >= 0.6 is 0 Å². The Hall–Kier alpha value is -2.42. The zero-order valence-corrected chi connectivity index (χ0v) is 13.9. The molecule has 0 heterocycles. The lowest BCUT2D eigenvalue weighted by molar-refractivity contribution is 0.201. The number of aryl methyl sites for hydroxylation is 1. The Morgan fingerprint density at radius 3 is 2.09 bits per heavy atom. The molecule has 0 radical (unpaired) electrons. The summed E-state index contributed by atoms with van der Waals surface area (Å²) in [5.74, 6) is 1.14. The van der Waals surface area contributed by atoms with Crippen molar-refractivity contribution < 1.29 is 14.2 Å². The van der Waals surface area contributed by atoms with E-state index in [0.29, 0.717) is 11.5 Å². The zero-order valence-electron chi connectivity index (χ0n) is 13.9. The lowest BCUT2D eigenvalue weighted by Gasteiger charge is -2.09. The summed E-state index contributed by atoms with van der Waals surface area (Å²) in [7, 11) is 4.75. The number of hydrogen-bond acceptors (Lipinski definition) is 3. The Labute approximate surface area is 133 Å². The minimum atomic E-state index is 0.535. The van der Waals surface area contributed by atoms with Gasteiger partial charge in [0.05, 0.1) is 21.3 Å². The van der Waals surface area contributed by atoms with Gasteiger partial charge in [0.25, 0.3) is 0 Å². The van der Waals surface area contributed by atoms with E-state index in [1.165, 1.54) is 11.8 Å². The summed E-state index contributed by atoms with van der Waals surface area (Å²) in [6.45, 7) is 4.05. The van der Waals surface area contributed by atoms with Crippen LogP contribution in [0.15, 0.2) is 65.8 Å². The first kappa shape index (κ1) is 17.6. The highest BCUT2D eigenvalue weighted by molar-refractivity contribution is 5.55. The average Bonchev–Trinajstić information content (AvgIpc) is 2.55. The Kier molecular flexibility index (Phi) is 7.62. The number of allylic oxidation sites excluding steroid dienone is 4. The molecule has 0 atom stereocenters. The predicted octanol–water partition coefficient (Wildman–Crippen LogP) is 4.62. The second-order valence-corrected chi connectivity index (χ2v) is 4.67. The minimum Gasteiger partial charge on any atom is -0.500 e. The van der Waals surface area contributed by atoms with E-state index in [9.17, 15) is 0 Å². The highest BCUT2D eigenvalue weighted by atomic mass is 16.5. The van der Waals surface area contributed by atoms with Crippen molar-refractivity contribution in [3.63, 3.8) is 0 Å². The molecule has 0 aromatic heterocycles. The van der Waals surface area contributed by atoms with Gasteiger partial charge in [0.15, 0.2) is 11.5 Å². The molecule has 0 saturated heterocycles. The van der Waals surface area contributed by atoms with Crippen molar-refractivity contribution in [3.8, 4) is 0 Å². The first-order valence-electron chi connectivity index (χ1n) is 7.08. The van der Waals surface area contributed by atoms with Gasteiger partial charge in [0, 0.05) is 0 Å².